The van der Waals surface area contributed by atoms with E-state index in [2.05, 4.69) is 54.9 Å². The second-order valence-electron chi connectivity index (χ2n) is 13.9. The van der Waals surface area contributed by atoms with E-state index in [1.807, 2.05) is 12.1 Å². The highest BCUT2D eigenvalue weighted by molar-refractivity contribution is 6.02. The minimum atomic E-state index is -0.726. The molecule has 43 heavy (non-hydrogen) atoms. The van der Waals surface area contributed by atoms with Crippen LogP contribution in [-0.4, -0.2) is 62.7 Å². The van der Waals surface area contributed by atoms with Gasteiger partial charge in [-0.3, -0.25) is 19.5 Å². The largest absolute Gasteiger partial charge is 0.389 e. The number of carbonyl (C=O) groups excluding carboxylic acids is 1. The van der Waals surface area contributed by atoms with Crippen molar-refractivity contribution in [1.82, 2.24) is 14.9 Å². The fourth-order valence-corrected chi connectivity index (χ4v) is 6.98. The van der Waals surface area contributed by atoms with Crippen molar-refractivity contribution >= 4 is 11.9 Å². The standard InChI is InChI=1S/C36H43N3O4/c1-36(2,3)29-9-10-30-27(16-29)14-26-15-28(17-31(26)38-30)32(40)18-24(12-13-39-20-33(41)34(42)21-39)22-4-6-23(7-5-22)25-8-11-35(43)37-19-25/h4-8,11,14-15,19,24,29,33-34,41-42H,9-10,12-13,16-18,20-21H2,1-3H3,(H,37,43)/t24-,29-,33-,34+/m0/s1. The number of ketones is 1. The van der Waals surface area contributed by atoms with Crippen molar-refractivity contribution in [1.29, 1.82) is 0 Å². The Hall–Kier alpha value is -3.39. The highest BCUT2D eigenvalue weighted by Crippen LogP contribution is 2.39. The van der Waals surface area contributed by atoms with E-state index in [1.165, 1.54) is 17.3 Å². The number of fused-ring (bicyclic) bond motifs is 2. The molecule has 1 aromatic carbocycles. The van der Waals surface area contributed by atoms with Crippen molar-refractivity contribution in [2.75, 3.05) is 19.6 Å². The van der Waals surface area contributed by atoms with E-state index in [4.69, 9.17) is 4.98 Å². The molecule has 1 aliphatic heterocycles. The third-order valence-corrected chi connectivity index (χ3v) is 9.83. The van der Waals surface area contributed by atoms with Crippen LogP contribution in [0.3, 0.4) is 0 Å². The molecule has 3 aromatic rings. The molecule has 2 aromatic heterocycles. The van der Waals surface area contributed by atoms with Crippen molar-refractivity contribution in [3.63, 3.8) is 0 Å². The molecular weight excluding hydrogens is 538 g/mol. The number of allylic oxidation sites excluding steroid dienone is 1. The molecule has 2 aliphatic carbocycles. The van der Waals surface area contributed by atoms with Gasteiger partial charge in [-0.25, -0.2) is 0 Å². The molecule has 3 aliphatic rings. The molecule has 0 bridgehead atoms. The van der Waals surface area contributed by atoms with E-state index in [9.17, 15) is 19.8 Å². The summed E-state index contributed by atoms with van der Waals surface area (Å²) in [4.78, 5) is 35.1. The number of nitrogens with one attached hydrogen (secondary N) is 1. The fraction of sp³-hybridized carbons (Fsp3) is 0.472. The Labute approximate surface area is 253 Å². The zero-order valence-electron chi connectivity index (χ0n) is 25.5. The molecule has 0 radical (unpaired) electrons. The molecule has 7 heteroatoms. The summed E-state index contributed by atoms with van der Waals surface area (Å²) < 4.78 is 0. The summed E-state index contributed by atoms with van der Waals surface area (Å²) in [5.41, 5.74) is 8.64. The highest BCUT2D eigenvalue weighted by Gasteiger charge is 2.32. The van der Waals surface area contributed by atoms with Crippen LogP contribution in [0, 0.1) is 11.3 Å². The first kappa shape index (κ1) is 29.7. The Morgan fingerprint density at radius 3 is 2.44 bits per heavy atom. The van der Waals surface area contributed by atoms with Gasteiger partial charge in [-0.15, -0.1) is 0 Å². The first-order valence-corrected chi connectivity index (χ1v) is 15.7. The molecule has 0 unspecified atom stereocenters. The maximum Gasteiger partial charge on any atom is 0.247 e. The molecule has 0 spiro atoms. The van der Waals surface area contributed by atoms with Crippen LogP contribution in [0.15, 0.2) is 59.0 Å². The summed E-state index contributed by atoms with van der Waals surface area (Å²) in [6.07, 6.45) is 7.26. The highest BCUT2D eigenvalue weighted by atomic mass is 16.3. The molecule has 0 amide bonds. The second kappa shape index (κ2) is 11.9. The van der Waals surface area contributed by atoms with E-state index in [-0.39, 0.29) is 22.7 Å². The fourth-order valence-electron chi connectivity index (χ4n) is 6.98. The van der Waals surface area contributed by atoms with Gasteiger partial charge in [0.15, 0.2) is 5.78 Å². The Morgan fingerprint density at radius 1 is 1.05 bits per heavy atom. The van der Waals surface area contributed by atoms with Crippen LogP contribution < -0.4 is 5.56 Å². The number of nitrogens with zero attached hydrogens (tertiary/aromatic N) is 2. The number of hydrogen-bond acceptors (Lipinski definition) is 6. The number of hydrogen-bond donors (Lipinski definition) is 3. The van der Waals surface area contributed by atoms with Crippen LogP contribution in [0.5, 0.6) is 0 Å². The van der Waals surface area contributed by atoms with Crippen molar-refractivity contribution in [3.8, 4) is 11.1 Å². The number of carbonyl (C=O) groups is 1. The van der Waals surface area contributed by atoms with E-state index in [0.29, 0.717) is 38.4 Å². The number of β-amino-alcohol motifs (C(OH)–C–C–N with tert-alkyl or cyclic N) is 2. The lowest BCUT2D eigenvalue weighted by atomic mass is 9.71. The number of H-pyrrole nitrogens is 1. The Bertz CT molecular complexity index is 1550. The number of benzene rings is 1. The number of aromatic nitrogens is 2. The summed E-state index contributed by atoms with van der Waals surface area (Å²) in [6.45, 7) is 8.54. The zero-order chi connectivity index (χ0) is 30.3. The van der Waals surface area contributed by atoms with Gasteiger partial charge in [0.25, 0.3) is 0 Å². The lowest BCUT2D eigenvalue weighted by Gasteiger charge is -2.34. The molecule has 6 rings (SSSR count). The van der Waals surface area contributed by atoms with Crippen LogP contribution in [0.25, 0.3) is 17.2 Å². The van der Waals surface area contributed by atoms with Gasteiger partial charge in [0.2, 0.25) is 5.56 Å². The van der Waals surface area contributed by atoms with Crippen molar-refractivity contribution in [2.24, 2.45) is 11.3 Å². The molecule has 3 N–H and O–H groups in total. The van der Waals surface area contributed by atoms with Crippen LogP contribution in [0.1, 0.15) is 74.0 Å². The number of aryl methyl sites for hydroxylation is 1. The number of aromatic amines is 1. The molecule has 226 valence electrons. The average Bonchev–Trinajstić information content (AvgIpc) is 3.55. The normalized spacial score (nSPS) is 22.6. The van der Waals surface area contributed by atoms with E-state index in [1.54, 1.807) is 12.3 Å². The number of aliphatic hydroxyl groups excluding tert-OH is 2. The minimum absolute atomic E-state index is 0.00895. The predicted octanol–water partition coefficient (Wildman–Crippen LogP) is 4.70. The molecule has 1 fully saturated rings. The van der Waals surface area contributed by atoms with Gasteiger partial charge in [-0.1, -0.05) is 45.0 Å². The molecule has 1 saturated heterocycles. The SMILES string of the molecule is CC(C)(C)[C@H]1CCc2nc3c(cc2C1)C=C(C(=O)C[C@H](CCN1C[C@@H](O)[C@@H](O)C1)c1ccc(-c2ccc(=O)[nH]c2)cc1)C3. The maximum absolute atomic E-state index is 13.8. The van der Waals surface area contributed by atoms with Gasteiger partial charge in [0.1, 0.15) is 0 Å². The average molecular weight is 582 g/mol. The first-order chi connectivity index (χ1) is 20.5. The lowest BCUT2D eigenvalue weighted by Crippen LogP contribution is -2.27. The number of rotatable bonds is 8. The summed E-state index contributed by atoms with van der Waals surface area (Å²) in [5.74, 6) is 0.783. The third kappa shape index (κ3) is 6.59. The van der Waals surface area contributed by atoms with Crippen molar-refractivity contribution < 1.29 is 15.0 Å². The van der Waals surface area contributed by atoms with Crippen LogP contribution in [0.4, 0.5) is 0 Å². The van der Waals surface area contributed by atoms with Crippen molar-refractivity contribution in [3.05, 3.63) is 92.7 Å². The van der Waals surface area contributed by atoms with Crippen LogP contribution in [0.2, 0.25) is 0 Å². The smallest absolute Gasteiger partial charge is 0.247 e. The first-order valence-electron chi connectivity index (χ1n) is 15.7. The van der Waals surface area contributed by atoms with Crippen LogP contribution >= 0.6 is 0 Å². The minimum Gasteiger partial charge on any atom is -0.389 e. The van der Waals surface area contributed by atoms with Gasteiger partial charge in [0, 0.05) is 49.5 Å². The maximum atomic E-state index is 13.8. The number of aliphatic hydroxyl groups is 2. The Morgan fingerprint density at radius 2 is 1.77 bits per heavy atom. The lowest BCUT2D eigenvalue weighted by molar-refractivity contribution is -0.116. The Balaban J connectivity index is 1.19. The summed E-state index contributed by atoms with van der Waals surface area (Å²) in [5, 5.41) is 20.1. The molecule has 3 heterocycles. The van der Waals surface area contributed by atoms with E-state index < -0.39 is 12.2 Å². The molecule has 4 atom stereocenters. The second-order valence-corrected chi connectivity index (χ2v) is 13.9. The number of pyridine rings is 2. The third-order valence-electron chi connectivity index (χ3n) is 9.83. The van der Waals surface area contributed by atoms with Gasteiger partial charge >= 0.3 is 0 Å². The number of Topliss-reactive ketones (excluding diaryl/α,β-unsaturated/α-hetero) is 1. The van der Waals surface area contributed by atoms with Crippen molar-refractivity contribution in [2.45, 2.75) is 77.4 Å². The predicted molar refractivity (Wildman–Crippen MR) is 169 cm³/mol. The van der Waals surface area contributed by atoms with Gasteiger partial charge < -0.3 is 15.2 Å². The number of likely N-dealkylation sites (tertiary alicyclic amines) is 1. The summed E-state index contributed by atoms with van der Waals surface area (Å²) in [7, 11) is 0. The molecular formula is C36H43N3O4. The quantitative estimate of drug-likeness (QED) is 0.356. The van der Waals surface area contributed by atoms with Crippen LogP contribution in [-0.2, 0) is 24.1 Å². The topological polar surface area (TPSA) is 107 Å². The van der Waals surface area contributed by atoms with E-state index in [0.717, 1.165) is 59.2 Å². The van der Waals surface area contributed by atoms with Gasteiger partial charge in [-0.05, 0) is 95.5 Å². The molecule has 0 saturated carbocycles. The zero-order valence-corrected chi connectivity index (χ0v) is 25.5. The monoisotopic (exact) mass is 581 g/mol. The summed E-state index contributed by atoms with van der Waals surface area (Å²) >= 11 is 0. The van der Waals surface area contributed by atoms with E-state index >= 15 is 0 Å². The molecule has 7 nitrogen and oxygen atoms in total. The van der Waals surface area contributed by atoms with Gasteiger partial charge in [-0.2, -0.15) is 0 Å². The summed E-state index contributed by atoms with van der Waals surface area (Å²) in [6, 6.07) is 13.8. The van der Waals surface area contributed by atoms with Gasteiger partial charge in [0.05, 0.1) is 17.9 Å². The Kier molecular flexibility index (Phi) is 8.24.